The van der Waals surface area contributed by atoms with E-state index in [4.69, 9.17) is 0 Å². The molecular weight excluding hydrogens is 238 g/mol. The summed E-state index contributed by atoms with van der Waals surface area (Å²) < 4.78 is 0. The summed E-state index contributed by atoms with van der Waals surface area (Å²) in [5.74, 6) is 1.67. The van der Waals surface area contributed by atoms with E-state index in [1.54, 1.807) is 0 Å². The second kappa shape index (κ2) is 5.80. The summed E-state index contributed by atoms with van der Waals surface area (Å²) in [5, 5.41) is 10.1. The number of carbonyl (C=O) groups excluding carboxylic acids is 1. The fourth-order valence-electron chi connectivity index (χ4n) is 4.22. The molecule has 3 aliphatic rings. The zero-order valence-electron chi connectivity index (χ0n) is 11.8. The van der Waals surface area contributed by atoms with Crippen LogP contribution in [0.5, 0.6) is 0 Å². The lowest BCUT2D eigenvalue weighted by molar-refractivity contribution is -0.134. The molecule has 0 bridgehead atoms. The van der Waals surface area contributed by atoms with Gasteiger partial charge in [0.2, 0.25) is 5.91 Å². The highest BCUT2D eigenvalue weighted by Crippen LogP contribution is 2.43. The van der Waals surface area contributed by atoms with Crippen molar-refractivity contribution in [1.29, 1.82) is 0 Å². The summed E-state index contributed by atoms with van der Waals surface area (Å²) in [4.78, 5) is 12.6. The second-order valence-corrected chi connectivity index (χ2v) is 6.63. The minimum Gasteiger partial charge on any atom is -0.356 e. The predicted octanol–water partition coefficient (Wildman–Crippen LogP) is 0.882. The Bertz CT molecular complexity index is 327. The molecule has 4 heteroatoms. The van der Waals surface area contributed by atoms with Crippen molar-refractivity contribution in [2.75, 3.05) is 32.7 Å². The van der Waals surface area contributed by atoms with Gasteiger partial charge in [-0.1, -0.05) is 12.8 Å². The third kappa shape index (κ3) is 2.65. The van der Waals surface area contributed by atoms with Crippen LogP contribution in [0, 0.1) is 17.3 Å². The highest BCUT2D eigenvalue weighted by atomic mass is 16.2. The van der Waals surface area contributed by atoms with Crippen LogP contribution in [-0.4, -0.2) is 38.6 Å². The van der Waals surface area contributed by atoms with E-state index in [1.165, 1.54) is 25.7 Å². The van der Waals surface area contributed by atoms with Crippen LogP contribution in [0.3, 0.4) is 0 Å². The van der Waals surface area contributed by atoms with Crippen LogP contribution in [0.2, 0.25) is 0 Å². The van der Waals surface area contributed by atoms with Crippen LogP contribution in [0.25, 0.3) is 0 Å². The van der Waals surface area contributed by atoms with Crippen molar-refractivity contribution < 1.29 is 4.79 Å². The van der Waals surface area contributed by atoms with Crippen LogP contribution < -0.4 is 16.0 Å². The maximum atomic E-state index is 12.6. The molecule has 2 heterocycles. The van der Waals surface area contributed by atoms with Crippen molar-refractivity contribution in [3.05, 3.63) is 0 Å². The lowest BCUT2D eigenvalue weighted by Gasteiger charge is -2.37. The Hall–Kier alpha value is -0.610. The van der Waals surface area contributed by atoms with Gasteiger partial charge in [0, 0.05) is 13.1 Å². The van der Waals surface area contributed by atoms with Crippen LogP contribution in [0.1, 0.15) is 38.5 Å². The third-order valence-corrected chi connectivity index (χ3v) is 5.49. The zero-order chi connectivity index (χ0) is 13.1. The lowest BCUT2D eigenvalue weighted by Crippen LogP contribution is -2.48. The Morgan fingerprint density at radius 2 is 2.16 bits per heavy atom. The first-order valence-electron chi connectivity index (χ1n) is 8.01. The number of hydrogen-bond acceptors (Lipinski definition) is 3. The molecule has 0 radical (unpaired) electrons. The SMILES string of the molecule is O=C(NCCC1CCNC1)[C@@]12CCCC[C@H]1CNC2. The third-order valence-electron chi connectivity index (χ3n) is 5.49. The normalized spacial score (nSPS) is 38.1. The van der Waals surface area contributed by atoms with Gasteiger partial charge in [-0.15, -0.1) is 0 Å². The summed E-state index contributed by atoms with van der Waals surface area (Å²) in [6.45, 7) is 5.08. The van der Waals surface area contributed by atoms with Gasteiger partial charge in [0.25, 0.3) is 0 Å². The second-order valence-electron chi connectivity index (χ2n) is 6.63. The Morgan fingerprint density at radius 3 is 3.00 bits per heavy atom. The Kier molecular flexibility index (Phi) is 4.08. The maximum Gasteiger partial charge on any atom is 0.227 e. The first kappa shape index (κ1) is 13.4. The van der Waals surface area contributed by atoms with Crippen molar-refractivity contribution in [2.45, 2.75) is 38.5 Å². The highest BCUT2D eigenvalue weighted by molar-refractivity contribution is 5.83. The first-order chi connectivity index (χ1) is 9.31. The number of rotatable bonds is 4. The lowest BCUT2D eigenvalue weighted by atomic mass is 9.67. The smallest absolute Gasteiger partial charge is 0.227 e. The molecule has 19 heavy (non-hydrogen) atoms. The first-order valence-corrected chi connectivity index (χ1v) is 8.01. The molecule has 1 saturated carbocycles. The quantitative estimate of drug-likeness (QED) is 0.707. The van der Waals surface area contributed by atoms with Gasteiger partial charge in [-0.05, 0) is 57.2 Å². The molecule has 0 aromatic heterocycles. The van der Waals surface area contributed by atoms with Gasteiger partial charge in [-0.2, -0.15) is 0 Å². The molecule has 0 aromatic carbocycles. The highest BCUT2D eigenvalue weighted by Gasteiger charge is 2.49. The van der Waals surface area contributed by atoms with E-state index >= 15 is 0 Å². The van der Waals surface area contributed by atoms with E-state index in [-0.39, 0.29) is 5.41 Å². The molecule has 1 aliphatic carbocycles. The largest absolute Gasteiger partial charge is 0.356 e. The van der Waals surface area contributed by atoms with E-state index in [2.05, 4.69) is 16.0 Å². The van der Waals surface area contributed by atoms with E-state index < -0.39 is 0 Å². The zero-order valence-corrected chi connectivity index (χ0v) is 11.8. The fourth-order valence-corrected chi connectivity index (χ4v) is 4.22. The van der Waals surface area contributed by atoms with Gasteiger partial charge in [-0.3, -0.25) is 4.79 Å². The van der Waals surface area contributed by atoms with Crippen LogP contribution in [0.4, 0.5) is 0 Å². The molecule has 4 nitrogen and oxygen atoms in total. The number of hydrogen-bond donors (Lipinski definition) is 3. The van der Waals surface area contributed by atoms with Crippen molar-refractivity contribution in [3.8, 4) is 0 Å². The van der Waals surface area contributed by atoms with E-state index in [0.717, 1.165) is 51.5 Å². The van der Waals surface area contributed by atoms with E-state index in [1.807, 2.05) is 0 Å². The molecule has 3 atom stereocenters. The van der Waals surface area contributed by atoms with Crippen LogP contribution in [-0.2, 0) is 4.79 Å². The topological polar surface area (TPSA) is 53.2 Å². The number of amides is 1. The molecule has 2 saturated heterocycles. The summed E-state index contributed by atoms with van der Waals surface area (Å²) >= 11 is 0. The molecular formula is C15H27N3O. The van der Waals surface area contributed by atoms with Crippen LogP contribution in [0.15, 0.2) is 0 Å². The molecule has 0 aromatic rings. The van der Waals surface area contributed by atoms with Gasteiger partial charge in [0.15, 0.2) is 0 Å². The van der Waals surface area contributed by atoms with Gasteiger partial charge in [-0.25, -0.2) is 0 Å². The van der Waals surface area contributed by atoms with Crippen LogP contribution >= 0.6 is 0 Å². The van der Waals surface area contributed by atoms with Gasteiger partial charge < -0.3 is 16.0 Å². The average Bonchev–Trinajstić information content (AvgIpc) is 3.08. The Labute approximate surface area is 116 Å². The van der Waals surface area contributed by atoms with E-state index in [9.17, 15) is 4.79 Å². The Morgan fingerprint density at radius 1 is 1.21 bits per heavy atom. The number of nitrogens with one attached hydrogen (secondary N) is 3. The monoisotopic (exact) mass is 265 g/mol. The van der Waals surface area contributed by atoms with Crippen molar-refractivity contribution >= 4 is 5.91 Å². The molecule has 0 spiro atoms. The molecule has 3 fully saturated rings. The average molecular weight is 265 g/mol. The van der Waals surface area contributed by atoms with Crippen molar-refractivity contribution in [1.82, 2.24) is 16.0 Å². The Balaban J connectivity index is 1.50. The van der Waals surface area contributed by atoms with Gasteiger partial charge in [0.1, 0.15) is 0 Å². The molecule has 1 unspecified atom stereocenters. The fraction of sp³-hybridized carbons (Fsp3) is 0.933. The van der Waals surface area contributed by atoms with E-state index in [0.29, 0.717) is 11.8 Å². The summed E-state index contributed by atoms with van der Waals surface area (Å²) in [5.41, 5.74) is -0.0772. The summed E-state index contributed by atoms with van der Waals surface area (Å²) in [7, 11) is 0. The molecule has 108 valence electrons. The minimum atomic E-state index is -0.0772. The standard InChI is InChI=1S/C15H27N3O/c19-14(18-8-5-12-4-7-16-9-12)15-6-2-1-3-13(15)10-17-11-15/h12-13,16-17H,1-11H2,(H,18,19)/t12?,13-,15+/m0/s1. The molecule has 3 rings (SSSR count). The predicted molar refractivity (Wildman–Crippen MR) is 75.9 cm³/mol. The van der Waals surface area contributed by atoms with Crippen molar-refractivity contribution in [3.63, 3.8) is 0 Å². The molecule has 2 aliphatic heterocycles. The summed E-state index contributed by atoms with van der Waals surface area (Å²) in [6.07, 6.45) is 7.24. The summed E-state index contributed by atoms with van der Waals surface area (Å²) in [6, 6.07) is 0. The van der Waals surface area contributed by atoms with Gasteiger partial charge in [0.05, 0.1) is 5.41 Å². The minimum absolute atomic E-state index is 0.0772. The number of carbonyl (C=O) groups is 1. The molecule has 3 N–H and O–H groups in total. The van der Waals surface area contributed by atoms with Crippen molar-refractivity contribution in [2.24, 2.45) is 17.3 Å². The van der Waals surface area contributed by atoms with Gasteiger partial charge >= 0.3 is 0 Å². The maximum absolute atomic E-state index is 12.6. The number of fused-ring (bicyclic) bond motifs is 1. The molecule has 1 amide bonds.